The van der Waals surface area contributed by atoms with Gasteiger partial charge in [-0.25, -0.2) is 4.79 Å². The number of anilines is 2. The number of furan rings is 1. The third-order valence-electron chi connectivity index (χ3n) is 8.03. The van der Waals surface area contributed by atoms with Crippen LogP contribution in [-0.4, -0.2) is 36.3 Å². The van der Waals surface area contributed by atoms with Crippen LogP contribution in [0.5, 0.6) is 0 Å². The van der Waals surface area contributed by atoms with E-state index in [0.29, 0.717) is 44.6 Å². The number of rotatable bonds is 6. The van der Waals surface area contributed by atoms with Gasteiger partial charge in [-0.15, -0.1) is 0 Å². The average molecular weight is 601 g/mol. The molecule has 0 unspecified atom stereocenters. The molecule has 0 saturated carbocycles. The number of carbonyl (C=O) groups is 1. The number of ether oxygens (including phenoxy) is 1. The highest BCUT2D eigenvalue weighted by atomic mass is 35.5. The lowest BCUT2D eigenvalue weighted by molar-refractivity contribution is 0.0601. The lowest BCUT2D eigenvalue weighted by Gasteiger charge is -2.37. The van der Waals surface area contributed by atoms with Crippen molar-refractivity contribution in [3.05, 3.63) is 101 Å². The van der Waals surface area contributed by atoms with E-state index in [-0.39, 0.29) is 12.1 Å². The Kier molecular flexibility index (Phi) is 7.92. The first-order valence-electron chi connectivity index (χ1n) is 14.2. The van der Waals surface area contributed by atoms with Crippen molar-refractivity contribution in [1.82, 2.24) is 10.3 Å². The second-order valence-corrected chi connectivity index (χ2v) is 12.0. The molecule has 216 valence electrons. The van der Waals surface area contributed by atoms with Crippen LogP contribution in [-0.2, 0) is 4.74 Å². The Morgan fingerprint density at radius 3 is 2.52 bits per heavy atom. The lowest BCUT2D eigenvalue weighted by atomic mass is 9.91. The van der Waals surface area contributed by atoms with Gasteiger partial charge in [0.15, 0.2) is 5.11 Å². The fourth-order valence-corrected chi connectivity index (χ4v) is 6.97. The number of hydrogen-bond donors (Lipinski definition) is 1. The van der Waals surface area contributed by atoms with E-state index >= 15 is 0 Å². The molecule has 1 N–H and O–H groups in total. The first kappa shape index (κ1) is 28.2. The van der Waals surface area contributed by atoms with Gasteiger partial charge in [0.2, 0.25) is 0 Å². The molecule has 2 aliphatic heterocycles. The molecule has 2 saturated heterocycles. The minimum absolute atomic E-state index is 0.282. The molecular formula is C33H33ClN4O3S. The summed E-state index contributed by atoms with van der Waals surface area (Å²) in [5.41, 5.74) is 3.81. The van der Waals surface area contributed by atoms with E-state index in [1.54, 1.807) is 18.3 Å². The predicted octanol–water partition coefficient (Wildman–Crippen LogP) is 7.44. The molecule has 2 aliphatic rings. The number of benzene rings is 2. The molecule has 0 radical (unpaired) electrons. The molecule has 2 aromatic heterocycles. The number of nitrogens with zero attached hydrogens (tertiary/aromatic N) is 3. The molecule has 4 atom stereocenters. The maximum absolute atomic E-state index is 12.5. The molecule has 42 heavy (non-hydrogen) atoms. The Balaban J connectivity index is 1.40. The highest BCUT2D eigenvalue weighted by molar-refractivity contribution is 7.80. The van der Waals surface area contributed by atoms with E-state index in [1.165, 1.54) is 13.5 Å². The molecule has 9 heteroatoms. The van der Waals surface area contributed by atoms with Gasteiger partial charge in [0.05, 0.1) is 35.1 Å². The number of pyridine rings is 1. The molecule has 2 aromatic carbocycles. The topological polar surface area (TPSA) is 70.8 Å². The third kappa shape index (κ3) is 5.37. The van der Waals surface area contributed by atoms with Crippen molar-refractivity contribution >= 4 is 46.3 Å². The van der Waals surface area contributed by atoms with Crippen molar-refractivity contribution in [2.24, 2.45) is 11.8 Å². The molecular weight excluding hydrogens is 568 g/mol. The normalized spacial score (nSPS) is 22.2. The third-order valence-corrected chi connectivity index (χ3v) is 8.65. The standard InChI is InChI=1S/C33H33ClN4O3S/c1-20-16-21(2)19-37(18-20)27-12-11-22(17-25(27)34)38-31(30(36-33(38)42)26-10-6-7-15-35-26)29-14-13-28(41-29)23-8-4-5-9-24(23)32(39)40-3/h4-15,17,20-21,30-31H,16,18-19H2,1-3H3,(H,36,42)/t20-,21+,30-,31+/m1/s1. The Morgan fingerprint density at radius 2 is 1.81 bits per heavy atom. The predicted molar refractivity (Wildman–Crippen MR) is 170 cm³/mol. The first-order valence-corrected chi connectivity index (χ1v) is 14.9. The number of halogens is 1. The van der Waals surface area contributed by atoms with Crippen LogP contribution < -0.4 is 15.1 Å². The fourth-order valence-electron chi connectivity index (χ4n) is 6.33. The van der Waals surface area contributed by atoms with Crippen molar-refractivity contribution in [3.63, 3.8) is 0 Å². The number of piperidine rings is 1. The molecule has 0 spiro atoms. The molecule has 6 rings (SSSR count). The minimum Gasteiger partial charge on any atom is -0.465 e. The van der Waals surface area contributed by atoms with Crippen molar-refractivity contribution in [1.29, 1.82) is 0 Å². The summed E-state index contributed by atoms with van der Waals surface area (Å²) < 4.78 is 11.5. The van der Waals surface area contributed by atoms with Gasteiger partial charge >= 0.3 is 5.97 Å². The van der Waals surface area contributed by atoms with Crippen LogP contribution >= 0.6 is 23.8 Å². The van der Waals surface area contributed by atoms with E-state index < -0.39 is 5.97 Å². The van der Waals surface area contributed by atoms with Gasteiger partial charge in [0.1, 0.15) is 17.6 Å². The Hall–Kier alpha value is -3.88. The number of aromatic nitrogens is 1. The second kappa shape index (κ2) is 11.8. The second-order valence-electron chi connectivity index (χ2n) is 11.2. The van der Waals surface area contributed by atoms with Crippen LogP contribution in [0, 0.1) is 11.8 Å². The summed E-state index contributed by atoms with van der Waals surface area (Å²) in [4.78, 5) is 21.5. The largest absolute Gasteiger partial charge is 0.465 e. The van der Waals surface area contributed by atoms with Crippen molar-refractivity contribution in [2.45, 2.75) is 32.4 Å². The van der Waals surface area contributed by atoms with Crippen molar-refractivity contribution in [3.8, 4) is 11.3 Å². The minimum atomic E-state index is -0.424. The summed E-state index contributed by atoms with van der Waals surface area (Å²) in [6.45, 7) is 6.56. The quantitative estimate of drug-likeness (QED) is 0.181. The summed E-state index contributed by atoms with van der Waals surface area (Å²) in [7, 11) is 1.37. The van der Waals surface area contributed by atoms with Gasteiger partial charge in [-0.3, -0.25) is 4.98 Å². The summed E-state index contributed by atoms with van der Waals surface area (Å²) in [6, 6.07) is 22.4. The smallest absolute Gasteiger partial charge is 0.338 e. The van der Waals surface area contributed by atoms with Gasteiger partial charge in [0, 0.05) is 30.5 Å². The Morgan fingerprint density at radius 1 is 1.05 bits per heavy atom. The van der Waals surface area contributed by atoms with E-state index in [9.17, 15) is 4.79 Å². The molecule has 7 nitrogen and oxygen atoms in total. The van der Waals surface area contributed by atoms with E-state index in [4.69, 9.17) is 33.0 Å². The zero-order chi connectivity index (χ0) is 29.4. The Bertz CT molecular complexity index is 1600. The fraction of sp³-hybridized carbons (Fsp3) is 0.303. The van der Waals surface area contributed by atoms with Crippen LogP contribution in [0.1, 0.15) is 54.2 Å². The van der Waals surface area contributed by atoms with E-state index in [1.807, 2.05) is 53.4 Å². The van der Waals surface area contributed by atoms with Crippen LogP contribution in [0.3, 0.4) is 0 Å². The van der Waals surface area contributed by atoms with Gasteiger partial charge in [0.25, 0.3) is 0 Å². The van der Waals surface area contributed by atoms with Gasteiger partial charge in [-0.1, -0.05) is 49.7 Å². The first-order chi connectivity index (χ1) is 20.3. The number of esters is 1. The molecule has 0 aliphatic carbocycles. The zero-order valence-corrected chi connectivity index (χ0v) is 25.4. The van der Waals surface area contributed by atoms with Crippen LogP contribution in [0.4, 0.5) is 11.4 Å². The maximum Gasteiger partial charge on any atom is 0.338 e. The number of hydrogen-bond acceptors (Lipinski definition) is 6. The highest BCUT2D eigenvalue weighted by Crippen LogP contribution is 2.45. The average Bonchev–Trinajstić information content (AvgIpc) is 3.61. The van der Waals surface area contributed by atoms with E-state index in [0.717, 1.165) is 30.2 Å². The molecule has 0 amide bonds. The zero-order valence-electron chi connectivity index (χ0n) is 23.8. The number of thiocarbonyl (C=S) groups is 1. The van der Waals surface area contributed by atoms with Crippen molar-refractivity contribution in [2.75, 3.05) is 30.0 Å². The lowest BCUT2D eigenvalue weighted by Crippen LogP contribution is -2.38. The molecule has 4 aromatic rings. The molecule has 2 fully saturated rings. The SMILES string of the molecule is COC(=O)c1ccccc1-c1ccc([C@H]2[C@@H](c3ccccn3)NC(=S)N2c2ccc(N3C[C@H](C)C[C@H](C)C3)c(Cl)c2)o1. The number of methoxy groups -OCH3 is 1. The Labute approximate surface area is 256 Å². The summed E-state index contributed by atoms with van der Waals surface area (Å²) in [5.74, 6) is 2.03. The van der Waals surface area contributed by atoms with Gasteiger partial charge < -0.3 is 24.3 Å². The van der Waals surface area contributed by atoms with E-state index in [2.05, 4.69) is 41.2 Å². The number of carbonyl (C=O) groups excluding carboxylic acids is 1. The summed E-state index contributed by atoms with van der Waals surface area (Å²) >= 11 is 12.9. The van der Waals surface area contributed by atoms with Crippen LogP contribution in [0.25, 0.3) is 11.3 Å². The summed E-state index contributed by atoms with van der Waals surface area (Å²) in [5, 5.41) is 4.70. The maximum atomic E-state index is 12.5. The highest BCUT2D eigenvalue weighted by Gasteiger charge is 2.43. The summed E-state index contributed by atoms with van der Waals surface area (Å²) in [6.07, 6.45) is 3.00. The molecule has 4 heterocycles. The van der Waals surface area contributed by atoms with Crippen LogP contribution in [0.15, 0.2) is 83.4 Å². The van der Waals surface area contributed by atoms with Crippen LogP contribution in [0.2, 0.25) is 5.02 Å². The number of nitrogens with one attached hydrogen (secondary N) is 1. The van der Waals surface area contributed by atoms with Crippen molar-refractivity contribution < 1.29 is 13.9 Å². The van der Waals surface area contributed by atoms with Gasteiger partial charge in [-0.05, 0) is 79.0 Å². The molecule has 0 bridgehead atoms. The monoisotopic (exact) mass is 600 g/mol. The van der Waals surface area contributed by atoms with Gasteiger partial charge in [-0.2, -0.15) is 0 Å².